The van der Waals surface area contributed by atoms with Gasteiger partial charge in [0.1, 0.15) is 0 Å². The molecule has 0 radical (unpaired) electrons. The van der Waals surface area contributed by atoms with E-state index in [1.165, 1.54) is 11.3 Å². The lowest BCUT2D eigenvalue weighted by Crippen LogP contribution is -2.25. The largest absolute Gasteiger partial charge is 0.315 e. The number of sulfonamides is 1. The van der Waals surface area contributed by atoms with Crippen LogP contribution >= 0.6 is 11.3 Å². The van der Waals surface area contributed by atoms with E-state index in [1.54, 1.807) is 15.8 Å². The smallest absolute Gasteiger partial charge is 0.244 e. The minimum Gasteiger partial charge on any atom is -0.315 e. The Bertz CT molecular complexity index is 697. The first kappa shape index (κ1) is 13.8. The lowest BCUT2D eigenvalue weighted by Gasteiger charge is -2.14. The number of fused-ring (bicyclic) bond motifs is 1. The van der Waals surface area contributed by atoms with Gasteiger partial charge in [-0.25, -0.2) is 8.42 Å². The third-order valence-corrected chi connectivity index (χ3v) is 6.29. The van der Waals surface area contributed by atoms with Gasteiger partial charge in [0.15, 0.2) is 0 Å². The van der Waals surface area contributed by atoms with E-state index in [2.05, 4.69) is 5.32 Å². The Balaban J connectivity index is 1.86. The number of nitrogens with one attached hydrogen (secondary N) is 1. The van der Waals surface area contributed by atoms with Crippen molar-refractivity contribution in [3.63, 3.8) is 0 Å². The molecule has 3 rings (SSSR count). The summed E-state index contributed by atoms with van der Waals surface area (Å²) in [6.07, 6.45) is 0. The fourth-order valence-corrected chi connectivity index (χ4v) is 5.05. The van der Waals surface area contributed by atoms with E-state index in [1.807, 2.05) is 31.3 Å². The summed E-state index contributed by atoms with van der Waals surface area (Å²) < 4.78 is 26.8. The van der Waals surface area contributed by atoms with Crippen LogP contribution in [-0.2, 0) is 29.7 Å². The normalized spacial score (nSPS) is 15.4. The molecule has 6 heteroatoms. The van der Waals surface area contributed by atoms with Gasteiger partial charge in [-0.1, -0.05) is 24.3 Å². The predicted octanol–water partition coefficient (Wildman–Crippen LogP) is 2.17. The molecule has 0 unspecified atom stereocenters. The minimum atomic E-state index is -3.39. The summed E-state index contributed by atoms with van der Waals surface area (Å²) >= 11 is 1.48. The number of rotatable bonds is 4. The molecule has 1 aromatic carbocycles. The molecule has 0 spiro atoms. The quantitative estimate of drug-likeness (QED) is 0.942. The second kappa shape index (κ2) is 5.29. The molecule has 0 saturated heterocycles. The van der Waals surface area contributed by atoms with E-state index < -0.39 is 10.0 Å². The molecular formula is C14H16N2O2S2. The Morgan fingerprint density at radius 1 is 1.25 bits per heavy atom. The van der Waals surface area contributed by atoms with Gasteiger partial charge in [-0.3, -0.25) is 0 Å². The molecule has 1 aromatic heterocycles. The first-order chi connectivity index (χ1) is 9.61. The molecule has 4 nitrogen and oxygen atoms in total. The Labute approximate surface area is 123 Å². The average molecular weight is 308 g/mol. The summed E-state index contributed by atoms with van der Waals surface area (Å²) in [6.45, 7) is 1.63. The van der Waals surface area contributed by atoms with Gasteiger partial charge in [0.2, 0.25) is 10.0 Å². The van der Waals surface area contributed by atoms with Crippen LogP contribution in [0.4, 0.5) is 0 Å². The van der Waals surface area contributed by atoms with Crippen molar-refractivity contribution in [3.05, 3.63) is 51.7 Å². The monoisotopic (exact) mass is 308 g/mol. The fraction of sp³-hybridized carbons (Fsp3) is 0.286. The van der Waals surface area contributed by atoms with Gasteiger partial charge < -0.3 is 5.32 Å². The van der Waals surface area contributed by atoms with Crippen LogP contribution < -0.4 is 5.32 Å². The summed E-state index contributed by atoms with van der Waals surface area (Å²) in [6, 6.07) is 9.64. The zero-order chi connectivity index (χ0) is 14.2. The summed E-state index contributed by atoms with van der Waals surface area (Å²) in [5, 5.41) is 4.76. The molecule has 0 bridgehead atoms. The topological polar surface area (TPSA) is 49.4 Å². The molecule has 1 aliphatic rings. The van der Waals surface area contributed by atoms with Crippen molar-refractivity contribution in [1.29, 1.82) is 0 Å². The van der Waals surface area contributed by atoms with Crippen LogP contribution in [0.2, 0.25) is 0 Å². The van der Waals surface area contributed by atoms with E-state index in [4.69, 9.17) is 0 Å². The summed E-state index contributed by atoms with van der Waals surface area (Å²) in [5.41, 5.74) is 2.20. The highest BCUT2D eigenvalue weighted by Gasteiger charge is 2.30. The Morgan fingerprint density at radius 2 is 1.90 bits per heavy atom. The van der Waals surface area contributed by atoms with Crippen LogP contribution in [0.15, 0.2) is 40.6 Å². The Morgan fingerprint density at radius 3 is 2.50 bits per heavy atom. The first-order valence-electron chi connectivity index (χ1n) is 6.40. The molecule has 1 aliphatic heterocycles. The van der Waals surface area contributed by atoms with Gasteiger partial charge >= 0.3 is 0 Å². The SMILES string of the molecule is CNCc1cc(S(=O)(=O)N2Cc3ccccc3C2)cs1. The zero-order valence-electron chi connectivity index (χ0n) is 11.2. The van der Waals surface area contributed by atoms with Crippen molar-refractivity contribution >= 4 is 21.4 Å². The molecule has 0 fully saturated rings. The molecule has 0 saturated carbocycles. The van der Waals surface area contributed by atoms with Crippen molar-refractivity contribution in [3.8, 4) is 0 Å². The van der Waals surface area contributed by atoms with E-state index >= 15 is 0 Å². The standard InChI is InChI=1S/C14H16N2O2S2/c1-15-7-13-6-14(10-19-13)20(17,18)16-8-11-4-2-3-5-12(11)9-16/h2-6,10,15H,7-9H2,1H3. The van der Waals surface area contributed by atoms with E-state index in [0.29, 0.717) is 24.5 Å². The second-order valence-corrected chi connectivity index (χ2v) is 7.75. The summed E-state index contributed by atoms with van der Waals surface area (Å²) in [7, 11) is -1.54. The number of nitrogens with zero attached hydrogens (tertiary/aromatic N) is 1. The highest BCUT2D eigenvalue weighted by Crippen LogP contribution is 2.30. The number of thiophene rings is 1. The van der Waals surface area contributed by atoms with Crippen molar-refractivity contribution in [2.75, 3.05) is 7.05 Å². The molecule has 0 amide bonds. The van der Waals surface area contributed by atoms with Crippen molar-refractivity contribution in [1.82, 2.24) is 9.62 Å². The lowest BCUT2D eigenvalue weighted by molar-refractivity contribution is 0.432. The number of hydrogen-bond acceptors (Lipinski definition) is 4. The maximum Gasteiger partial charge on any atom is 0.244 e. The minimum absolute atomic E-state index is 0.403. The van der Waals surface area contributed by atoms with E-state index in [9.17, 15) is 8.42 Å². The van der Waals surface area contributed by atoms with Crippen LogP contribution in [0.1, 0.15) is 16.0 Å². The van der Waals surface area contributed by atoms with Gasteiger partial charge in [0.05, 0.1) is 4.90 Å². The van der Waals surface area contributed by atoms with Crippen LogP contribution in [-0.4, -0.2) is 19.8 Å². The van der Waals surface area contributed by atoms with Crippen LogP contribution in [0.5, 0.6) is 0 Å². The molecule has 0 atom stereocenters. The van der Waals surface area contributed by atoms with Crippen molar-refractivity contribution in [2.45, 2.75) is 24.5 Å². The molecule has 0 aliphatic carbocycles. The van der Waals surface area contributed by atoms with Crippen LogP contribution in [0.25, 0.3) is 0 Å². The highest BCUT2D eigenvalue weighted by molar-refractivity contribution is 7.89. The average Bonchev–Trinajstić information content (AvgIpc) is 3.05. The van der Waals surface area contributed by atoms with E-state index in [-0.39, 0.29) is 0 Å². The molecular weight excluding hydrogens is 292 g/mol. The summed E-state index contributed by atoms with van der Waals surface area (Å²) in [4.78, 5) is 1.43. The highest BCUT2D eigenvalue weighted by atomic mass is 32.2. The molecule has 2 aromatic rings. The fourth-order valence-electron chi connectivity index (χ4n) is 2.38. The van der Waals surface area contributed by atoms with Gasteiger partial charge in [-0.15, -0.1) is 11.3 Å². The zero-order valence-corrected chi connectivity index (χ0v) is 12.8. The maximum atomic E-state index is 12.6. The van der Waals surface area contributed by atoms with E-state index in [0.717, 1.165) is 16.0 Å². The third-order valence-electron chi connectivity index (χ3n) is 3.43. The van der Waals surface area contributed by atoms with Gasteiger partial charge in [0, 0.05) is 29.9 Å². The maximum absolute atomic E-state index is 12.6. The lowest BCUT2D eigenvalue weighted by atomic mass is 10.1. The van der Waals surface area contributed by atoms with Crippen LogP contribution in [0, 0.1) is 0 Å². The number of hydrogen-bond donors (Lipinski definition) is 1. The van der Waals surface area contributed by atoms with Crippen molar-refractivity contribution < 1.29 is 8.42 Å². The molecule has 1 N–H and O–H groups in total. The molecule has 20 heavy (non-hydrogen) atoms. The van der Waals surface area contributed by atoms with Crippen LogP contribution in [0.3, 0.4) is 0 Å². The Kier molecular flexibility index (Phi) is 3.64. The summed E-state index contributed by atoms with van der Waals surface area (Å²) in [5.74, 6) is 0. The van der Waals surface area contributed by atoms with Gasteiger partial charge in [-0.05, 0) is 24.2 Å². The van der Waals surface area contributed by atoms with Gasteiger partial charge in [0.25, 0.3) is 0 Å². The second-order valence-electron chi connectivity index (χ2n) is 4.82. The number of benzene rings is 1. The molecule has 106 valence electrons. The third kappa shape index (κ3) is 2.40. The predicted molar refractivity (Wildman–Crippen MR) is 80.0 cm³/mol. The Hall–Kier alpha value is -1.21. The van der Waals surface area contributed by atoms with Gasteiger partial charge in [-0.2, -0.15) is 4.31 Å². The van der Waals surface area contributed by atoms with Crippen molar-refractivity contribution in [2.24, 2.45) is 0 Å². The molecule has 2 heterocycles. The first-order valence-corrected chi connectivity index (χ1v) is 8.72.